The van der Waals surface area contributed by atoms with E-state index < -0.39 is 0 Å². The van der Waals surface area contributed by atoms with Gasteiger partial charge in [-0.25, -0.2) is 0 Å². The summed E-state index contributed by atoms with van der Waals surface area (Å²) in [4.78, 5) is 13.7. The van der Waals surface area contributed by atoms with E-state index in [1.54, 1.807) is 16.0 Å². The molecule has 0 saturated heterocycles. The molecule has 0 aliphatic rings. The number of nitrogens with zero attached hydrogens (tertiary/aromatic N) is 2. The first-order valence-corrected chi connectivity index (χ1v) is 10.0. The lowest BCUT2D eigenvalue weighted by Gasteiger charge is -2.18. The third-order valence-corrected chi connectivity index (χ3v) is 5.73. The predicted molar refractivity (Wildman–Crippen MR) is 111 cm³/mol. The molecule has 27 heavy (non-hydrogen) atoms. The van der Waals surface area contributed by atoms with E-state index in [1.165, 1.54) is 10.4 Å². The number of hydrogen-bond donors (Lipinski definition) is 2. The van der Waals surface area contributed by atoms with E-state index in [0.29, 0.717) is 0 Å². The second kappa shape index (κ2) is 8.50. The van der Waals surface area contributed by atoms with Crippen molar-refractivity contribution in [3.05, 3.63) is 69.2 Å². The molecule has 1 aromatic carbocycles. The molecule has 6 heteroatoms. The van der Waals surface area contributed by atoms with Crippen LogP contribution in [0.5, 0.6) is 0 Å². The summed E-state index contributed by atoms with van der Waals surface area (Å²) in [5.41, 5.74) is 5.04. The lowest BCUT2D eigenvalue weighted by atomic mass is 10.0. The van der Waals surface area contributed by atoms with Crippen molar-refractivity contribution in [3.63, 3.8) is 0 Å². The van der Waals surface area contributed by atoms with Gasteiger partial charge in [0.2, 0.25) is 5.91 Å². The van der Waals surface area contributed by atoms with Crippen LogP contribution in [0.1, 0.15) is 40.4 Å². The molecule has 0 fully saturated rings. The second-order valence-electron chi connectivity index (χ2n) is 6.64. The molecule has 0 unspecified atom stereocenters. The highest BCUT2D eigenvalue weighted by Gasteiger charge is 2.18. The van der Waals surface area contributed by atoms with E-state index in [2.05, 4.69) is 58.4 Å². The maximum atomic E-state index is 12.5. The first kappa shape index (κ1) is 19.3. The fourth-order valence-electron chi connectivity index (χ4n) is 3.12. The molecule has 3 aromatic rings. The molecule has 2 N–H and O–H groups in total. The Morgan fingerprint density at radius 3 is 2.52 bits per heavy atom. The zero-order chi connectivity index (χ0) is 19.4. The van der Waals surface area contributed by atoms with E-state index in [9.17, 15) is 4.79 Å². The number of benzene rings is 1. The summed E-state index contributed by atoms with van der Waals surface area (Å²) in [6.07, 6.45) is 1.02. The van der Waals surface area contributed by atoms with Gasteiger partial charge in [0, 0.05) is 11.9 Å². The van der Waals surface area contributed by atoms with Crippen LogP contribution in [0.2, 0.25) is 0 Å². The maximum absolute atomic E-state index is 12.5. The van der Waals surface area contributed by atoms with Gasteiger partial charge in [-0.1, -0.05) is 37.3 Å². The molecule has 2 heterocycles. The zero-order valence-electron chi connectivity index (χ0n) is 16.2. The van der Waals surface area contributed by atoms with Crippen LogP contribution in [-0.2, 0) is 18.3 Å². The van der Waals surface area contributed by atoms with Crippen LogP contribution in [0, 0.1) is 13.8 Å². The topological polar surface area (TPSA) is 59.0 Å². The predicted octanol–water partition coefficient (Wildman–Crippen LogP) is 3.98. The molecule has 142 valence electrons. The van der Waals surface area contributed by atoms with Crippen molar-refractivity contribution in [2.45, 2.75) is 33.2 Å². The van der Waals surface area contributed by atoms with E-state index in [-0.39, 0.29) is 18.5 Å². The number of hydrogen-bond acceptors (Lipinski definition) is 4. The number of amides is 1. The number of carbonyl (C=O) groups is 1. The minimum atomic E-state index is -0.0686. The summed E-state index contributed by atoms with van der Waals surface area (Å²) in [7, 11) is 1.88. The van der Waals surface area contributed by atoms with Crippen molar-refractivity contribution in [2.24, 2.45) is 7.05 Å². The largest absolute Gasteiger partial charge is 0.322 e. The van der Waals surface area contributed by atoms with Crippen LogP contribution in [0.4, 0.5) is 5.69 Å². The number of thiophene rings is 1. The fraction of sp³-hybridized carbons (Fsp3) is 0.333. The molecule has 3 rings (SSSR count). The number of aromatic nitrogens is 2. The quantitative estimate of drug-likeness (QED) is 0.650. The van der Waals surface area contributed by atoms with Crippen LogP contribution in [-0.4, -0.2) is 22.2 Å². The van der Waals surface area contributed by atoms with E-state index >= 15 is 0 Å². The van der Waals surface area contributed by atoms with Crippen molar-refractivity contribution in [1.82, 2.24) is 15.1 Å². The Balaban J connectivity index is 1.72. The molecule has 0 radical (unpaired) electrons. The molecule has 1 amide bonds. The highest BCUT2D eigenvalue weighted by atomic mass is 32.1. The molecule has 2 aromatic heterocycles. The highest BCUT2D eigenvalue weighted by molar-refractivity contribution is 7.10. The average molecular weight is 383 g/mol. The van der Waals surface area contributed by atoms with Gasteiger partial charge in [0.1, 0.15) is 0 Å². The fourth-order valence-corrected chi connectivity index (χ4v) is 3.94. The minimum absolute atomic E-state index is 0.00208. The Kier molecular flexibility index (Phi) is 6.08. The standard InChI is InChI=1S/C21H26N4OS/c1-5-16-8-10-17(11-9-16)21(18-7-6-12-27-18)22-13-19(26)23-20-14(2)24-25(4)15(20)3/h6-12,21-22H,5,13H2,1-4H3,(H,23,26)/t21-/m0/s1. The second-order valence-corrected chi connectivity index (χ2v) is 7.62. The van der Waals surface area contributed by atoms with E-state index in [0.717, 1.165) is 29.1 Å². The van der Waals surface area contributed by atoms with Gasteiger partial charge in [-0.2, -0.15) is 5.10 Å². The van der Waals surface area contributed by atoms with E-state index in [1.807, 2.05) is 27.0 Å². The van der Waals surface area contributed by atoms with Crippen LogP contribution in [0.25, 0.3) is 0 Å². The van der Waals surface area contributed by atoms with Crippen LogP contribution in [0.15, 0.2) is 41.8 Å². The summed E-state index contributed by atoms with van der Waals surface area (Å²) in [5, 5.41) is 12.8. The molecule has 0 spiro atoms. The molecule has 0 aliphatic heterocycles. The third-order valence-electron chi connectivity index (χ3n) is 4.79. The molecule has 0 aliphatic carbocycles. The van der Waals surface area contributed by atoms with Crippen molar-refractivity contribution >= 4 is 22.9 Å². The smallest absolute Gasteiger partial charge is 0.238 e. The molecule has 0 saturated carbocycles. The Bertz CT molecular complexity index is 897. The van der Waals surface area contributed by atoms with Crippen LogP contribution in [0.3, 0.4) is 0 Å². The Hall–Kier alpha value is -2.44. The molecule has 5 nitrogen and oxygen atoms in total. The number of nitrogens with one attached hydrogen (secondary N) is 2. The zero-order valence-corrected chi connectivity index (χ0v) is 17.1. The third kappa shape index (κ3) is 4.46. The van der Waals surface area contributed by atoms with Gasteiger partial charge in [0.05, 0.1) is 29.7 Å². The maximum Gasteiger partial charge on any atom is 0.238 e. The van der Waals surface area contributed by atoms with Gasteiger partial charge in [0.15, 0.2) is 0 Å². The van der Waals surface area contributed by atoms with Crippen LogP contribution >= 0.6 is 11.3 Å². The van der Waals surface area contributed by atoms with Crippen molar-refractivity contribution in [1.29, 1.82) is 0 Å². The van der Waals surface area contributed by atoms with Crippen LogP contribution < -0.4 is 10.6 Å². The summed E-state index contributed by atoms with van der Waals surface area (Å²) >= 11 is 1.69. The Labute approximate surface area is 164 Å². The van der Waals surface area contributed by atoms with Gasteiger partial charge in [0.25, 0.3) is 0 Å². The molecule has 1 atom stereocenters. The summed E-state index contributed by atoms with van der Waals surface area (Å²) in [6.45, 7) is 6.23. The van der Waals surface area contributed by atoms with Crippen molar-refractivity contribution in [2.75, 3.05) is 11.9 Å². The molecular formula is C21H26N4OS. The number of rotatable bonds is 7. The monoisotopic (exact) mass is 382 g/mol. The highest BCUT2D eigenvalue weighted by Crippen LogP contribution is 2.26. The first-order chi connectivity index (χ1) is 13.0. The van der Waals surface area contributed by atoms with Gasteiger partial charge >= 0.3 is 0 Å². The first-order valence-electron chi connectivity index (χ1n) is 9.15. The summed E-state index contributed by atoms with van der Waals surface area (Å²) < 4.78 is 1.78. The van der Waals surface area contributed by atoms with Gasteiger partial charge in [-0.15, -0.1) is 11.3 Å². The molecule has 0 bridgehead atoms. The normalized spacial score (nSPS) is 12.1. The SMILES string of the molecule is CCc1ccc([C@H](NCC(=O)Nc2c(C)nn(C)c2C)c2cccs2)cc1. The van der Waals surface area contributed by atoms with Gasteiger partial charge < -0.3 is 5.32 Å². The summed E-state index contributed by atoms with van der Waals surface area (Å²) in [6, 6.07) is 12.7. The van der Waals surface area contributed by atoms with Gasteiger partial charge in [-0.05, 0) is 42.8 Å². The Morgan fingerprint density at radius 2 is 1.96 bits per heavy atom. The number of carbonyl (C=O) groups excluding carboxylic acids is 1. The average Bonchev–Trinajstić information content (AvgIpc) is 3.27. The number of anilines is 1. The lowest BCUT2D eigenvalue weighted by molar-refractivity contribution is -0.115. The van der Waals surface area contributed by atoms with Crippen molar-refractivity contribution < 1.29 is 4.79 Å². The van der Waals surface area contributed by atoms with Gasteiger partial charge in [-0.3, -0.25) is 14.8 Å². The number of aryl methyl sites for hydroxylation is 3. The minimum Gasteiger partial charge on any atom is -0.322 e. The Morgan fingerprint density at radius 1 is 1.22 bits per heavy atom. The summed E-state index contributed by atoms with van der Waals surface area (Å²) in [5.74, 6) is -0.0686. The lowest BCUT2D eigenvalue weighted by Crippen LogP contribution is -2.31. The van der Waals surface area contributed by atoms with E-state index in [4.69, 9.17) is 0 Å². The van der Waals surface area contributed by atoms with Crippen molar-refractivity contribution in [3.8, 4) is 0 Å². The molecular weight excluding hydrogens is 356 g/mol.